The van der Waals surface area contributed by atoms with Crippen molar-refractivity contribution in [2.24, 2.45) is 17.2 Å². The second-order valence-electron chi connectivity index (χ2n) is 5.26. The summed E-state index contributed by atoms with van der Waals surface area (Å²) in [6.45, 7) is 4.58. The molecule has 0 bridgehead atoms. The molecule has 2 aromatic heterocycles. The van der Waals surface area contributed by atoms with Crippen LogP contribution >= 0.6 is 0 Å². The van der Waals surface area contributed by atoms with Crippen LogP contribution in [0, 0.1) is 16.2 Å². The average molecular weight is 456 g/mol. The molecule has 1 aromatic carbocycles. The van der Waals surface area contributed by atoms with E-state index in [1.54, 1.807) is 12.4 Å². The summed E-state index contributed by atoms with van der Waals surface area (Å²) < 4.78 is 0. The molecule has 8 nitrogen and oxygen atoms in total. The number of fused-ring (bicyclic) bond motifs is 3. The molecule has 3 aromatic rings. The molecule has 0 saturated heterocycles. The average Bonchev–Trinajstić information content (AvgIpc) is 2.53. The van der Waals surface area contributed by atoms with Gasteiger partial charge >= 0.3 is 19.5 Å². The summed E-state index contributed by atoms with van der Waals surface area (Å²) in [6, 6.07) is 12.1. The maximum Gasteiger partial charge on any atom is 3.00 e. The van der Waals surface area contributed by atoms with Gasteiger partial charge in [-0.2, -0.15) is 0 Å². The number of benzene rings is 1. The zero-order valence-corrected chi connectivity index (χ0v) is 17.3. The number of aromatic nitrogens is 2. The summed E-state index contributed by atoms with van der Waals surface area (Å²) in [5.41, 5.74) is 16.0. The standard InChI is InChI=1S/C12H8N2.3C2H6N2.Ru/c1-3-9-5-6-10-4-2-8-14-12(10)11(9)13-7-1;3*1-2(3)4;/h1-8H;3*1H3,(H3,3,4);/q;;;;+3. The summed E-state index contributed by atoms with van der Waals surface area (Å²) >= 11 is 0. The molecule has 2 heterocycles. The molecule has 9 heteroatoms. The van der Waals surface area contributed by atoms with E-state index in [4.69, 9.17) is 33.4 Å². The van der Waals surface area contributed by atoms with Gasteiger partial charge in [-0.3, -0.25) is 26.2 Å². The Morgan fingerprint density at radius 3 is 1.19 bits per heavy atom. The molecule has 0 aliphatic rings. The summed E-state index contributed by atoms with van der Waals surface area (Å²) in [7, 11) is 0. The Morgan fingerprint density at radius 2 is 0.926 bits per heavy atom. The van der Waals surface area contributed by atoms with Crippen molar-refractivity contribution >= 4 is 39.3 Å². The Labute approximate surface area is 171 Å². The fourth-order valence-electron chi connectivity index (χ4n) is 1.68. The predicted octanol–water partition coefficient (Wildman–Crippen LogP) is 2.61. The van der Waals surface area contributed by atoms with Gasteiger partial charge in [0.1, 0.15) is 0 Å². The van der Waals surface area contributed by atoms with E-state index in [1.165, 1.54) is 20.8 Å². The van der Waals surface area contributed by atoms with Crippen molar-refractivity contribution in [3.8, 4) is 0 Å². The maximum absolute atomic E-state index is 6.28. The van der Waals surface area contributed by atoms with E-state index in [1.807, 2.05) is 12.1 Å². The fourth-order valence-corrected chi connectivity index (χ4v) is 1.68. The van der Waals surface area contributed by atoms with Crippen LogP contribution in [-0.4, -0.2) is 27.5 Å². The molecule has 0 aliphatic heterocycles. The van der Waals surface area contributed by atoms with Crippen molar-refractivity contribution in [3.63, 3.8) is 0 Å². The Balaban J connectivity index is 0. The fraction of sp³-hybridized carbons (Fsp3) is 0.167. The van der Waals surface area contributed by atoms with Crippen LogP contribution in [0.3, 0.4) is 0 Å². The van der Waals surface area contributed by atoms with Gasteiger partial charge in [-0.25, -0.2) is 0 Å². The Hall–Kier alpha value is -2.93. The summed E-state index contributed by atoms with van der Waals surface area (Å²) in [5.74, 6) is 0.500. The Bertz CT molecular complexity index is 784. The predicted molar refractivity (Wildman–Crippen MR) is 110 cm³/mol. The molecule has 0 aliphatic carbocycles. The molecule has 143 valence electrons. The first-order valence-electron chi connectivity index (χ1n) is 7.65. The van der Waals surface area contributed by atoms with E-state index >= 15 is 0 Å². The van der Waals surface area contributed by atoms with Crippen LogP contribution in [0.2, 0.25) is 0 Å². The Morgan fingerprint density at radius 1 is 0.667 bits per heavy atom. The van der Waals surface area contributed by atoms with E-state index in [0.29, 0.717) is 0 Å². The second kappa shape index (κ2) is 14.3. The zero-order chi connectivity index (χ0) is 20.1. The zero-order valence-electron chi connectivity index (χ0n) is 15.6. The molecule has 0 fully saturated rings. The third-order valence-electron chi connectivity index (χ3n) is 2.34. The van der Waals surface area contributed by atoms with Gasteiger partial charge in [-0.1, -0.05) is 24.3 Å². The van der Waals surface area contributed by atoms with Crippen LogP contribution in [0.25, 0.3) is 21.8 Å². The molecule has 0 atom stereocenters. The quantitative estimate of drug-likeness (QED) is 0.132. The molecular formula is C18H26N8Ru+3. The number of nitrogens with one attached hydrogen (secondary N) is 3. The van der Waals surface area contributed by atoms with Crippen molar-refractivity contribution in [1.29, 1.82) is 16.2 Å². The molecule has 27 heavy (non-hydrogen) atoms. The van der Waals surface area contributed by atoms with Gasteiger partial charge in [-0.15, -0.1) is 0 Å². The maximum atomic E-state index is 6.28. The number of amidine groups is 3. The van der Waals surface area contributed by atoms with Gasteiger partial charge in [0, 0.05) is 23.2 Å². The molecule has 0 saturated carbocycles. The number of nitrogens with zero attached hydrogens (tertiary/aromatic N) is 2. The third-order valence-corrected chi connectivity index (χ3v) is 2.34. The van der Waals surface area contributed by atoms with E-state index in [2.05, 4.69) is 34.2 Å². The minimum Gasteiger partial charge on any atom is -0.388 e. The first-order chi connectivity index (χ1) is 12.1. The minimum atomic E-state index is 0. The van der Waals surface area contributed by atoms with Crippen LogP contribution in [0.5, 0.6) is 0 Å². The van der Waals surface area contributed by atoms with Crippen molar-refractivity contribution < 1.29 is 19.5 Å². The van der Waals surface area contributed by atoms with Crippen LogP contribution in [-0.2, 0) is 19.5 Å². The first-order valence-corrected chi connectivity index (χ1v) is 7.65. The van der Waals surface area contributed by atoms with E-state index in [0.717, 1.165) is 21.8 Å². The molecule has 0 spiro atoms. The summed E-state index contributed by atoms with van der Waals surface area (Å²) in [5, 5.41) is 21.1. The van der Waals surface area contributed by atoms with E-state index in [-0.39, 0.29) is 37.0 Å². The largest absolute Gasteiger partial charge is 3.00 e. The van der Waals surface area contributed by atoms with Crippen molar-refractivity contribution in [2.45, 2.75) is 20.8 Å². The van der Waals surface area contributed by atoms with Gasteiger partial charge in [0.2, 0.25) is 0 Å². The van der Waals surface area contributed by atoms with Crippen LogP contribution in [0.15, 0.2) is 48.8 Å². The molecule has 0 amide bonds. The van der Waals surface area contributed by atoms with Crippen molar-refractivity contribution in [1.82, 2.24) is 9.97 Å². The Kier molecular flexibility index (Phi) is 13.9. The van der Waals surface area contributed by atoms with Gasteiger partial charge in [0.25, 0.3) is 0 Å². The molecule has 1 radical (unpaired) electrons. The van der Waals surface area contributed by atoms with Crippen LogP contribution < -0.4 is 17.2 Å². The monoisotopic (exact) mass is 456 g/mol. The first kappa shape index (κ1) is 26.3. The number of hydrogen-bond acceptors (Lipinski definition) is 5. The van der Waals surface area contributed by atoms with Gasteiger partial charge in [0.05, 0.1) is 28.5 Å². The topological polar surface area (TPSA) is 175 Å². The normalized spacial score (nSPS) is 8.41. The van der Waals surface area contributed by atoms with E-state index in [9.17, 15) is 0 Å². The molecule has 9 N–H and O–H groups in total. The number of nitrogens with two attached hydrogens (primary N) is 3. The van der Waals surface area contributed by atoms with Gasteiger partial charge < -0.3 is 17.2 Å². The van der Waals surface area contributed by atoms with Crippen molar-refractivity contribution in [3.05, 3.63) is 48.8 Å². The summed E-state index contributed by atoms with van der Waals surface area (Å²) in [4.78, 5) is 8.69. The molecule has 0 unspecified atom stereocenters. The van der Waals surface area contributed by atoms with E-state index < -0.39 is 0 Å². The number of pyridine rings is 2. The summed E-state index contributed by atoms with van der Waals surface area (Å²) in [6.07, 6.45) is 3.60. The number of rotatable bonds is 0. The smallest absolute Gasteiger partial charge is 0.388 e. The molecular weight excluding hydrogens is 429 g/mol. The minimum absolute atomic E-state index is 0. The van der Waals surface area contributed by atoms with Crippen LogP contribution in [0.4, 0.5) is 0 Å². The third kappa shape index (κ3) is 13.0. The second-order valence-corrected chi connectivity index (χ2v) is 5.26. The number of hydrogen-bond donors (Lipinski definition) is 6. The van der Waals surface area contributed by atoms with Gasteiger partial charge in [0.15, 0.2) is 0 Å². The SMILES string of the molecule is CC(=N)N.CC(=N)N.CC(=N)N.[Ru+3].c1cnc2c(c1)ccc1cccnc12. The van der Waals surface area contributed by atoms with Crippen molar-refractivity contribution in [2.75, 3.05) is 0 Å². The molecule has 3 rings (SSSR count). The van der Waals surface area contributed by atoms with Crippen LogP contribution in [0.1, 0.15) is 20.8 Å². The van der Waals surface area contributed by atoms with Gasteiger partial charge in [-0.05, 0) is 32.9 Å².